The van der Waals surface area contributed by atoms with Crippen molar-refractivity contribution in [2.75, 3.05) is 7.05 Å². The van der Waals surface area contributed by atoms with Gasteiger partial charge in [0.25, 0.3) is 5.91 Å². The second kappa shape index (κ2) is 6.72. The van der Waals surface area contributed by atoms with Crippen LogP contribution in [-0.4, -0.2) is 32.4 Å². The van der Waals surface area contributed by atoms with Crippen molar-refractivity contribution in [2.24, 2.45) is 0 Å². The fourth-order valence-electron chi connectivity index (χ4n) is 2.78. The summed E-state index contributed by atoms with van der Waals surface area (Å²) in [4.78, 5) is 44.5. The lowest BCUT2D eigenvalue weighted by atomic mass is 10.1. The second-order valence-electron chi connectivity index (χ2n) is 5.76. The van der Waals surface area contributed by atoms with Gasteiger partial charge in [0.15, 0.2) is 0 Å². The van der Waals surface area contributed by atoms with Crippen LogP contribution in [0.2, 0.25) is 0 Å². The molecular weight excluding hydrogens is 320 g/mol. The molecular formula is C18H18N4O3. The number of aryl methyl sites for hydroxylation is 1. The number of fused-ring (bicyclic) bond motifs is 1. The van der Waals surface area contributed by atoms with E-state index in [1.54, 1.807) is 49.5 Å². The molecule has 7 nitrogen and oxygen atoms in total. The molecule has 0 bridgehead atoms. The van der Waals surface area contributed by atoms with Crippen molar-refractivity contribution in [3.8, 4) is 0 Å². The summed E-state index contributed by atoms with van der Waals surface area (Å²) >= 11 is 0. The molecule has 0 saturated carbocycles. The third kappa shape index (κ3) is 3.21. The summed E-state index contributed by atoms with van der Waals surface area (Å²) in [6.45, 7) is 2.60. The van der Waals surface area contributed by atoms with Crippen molar-refractivity contribution in [3.63, 3.8) is 0 Å². The number of pyridine rings is 1. The van der Waals surface area contributed by atoms with Crippen LogP contribution in [0.25, 0.3) is 11.0 Å². The molecule has 3 rings (SSSR count). The molecule has 2 aromatic heterocycles. The lowest BCUT2D eigenvalue weighted by Crippen LogP contribution is -2.36. The number of carbonyl (C=O) groups is 1. The highest BCUT2D eigenvalue weighted by Gasteiger charge is 2.14. The van der Waals surface area contributed by atoms with E-state index in [1.807, 2.05) is 12.1 Å². The van der Waals surface area contributed by atoms with Gasteiger partial charge in [0.2, 0.25) is 0 Å². The third-order valence-electron chi connectivity index (χ3n) is 4.03. The highest BCUT2D eigenvalue weighted by molar-refractivity contribution is 5.97. The Kier molecular flexibility index (Phi) is 4.47. The summed E-state index contributed by atoms with van der Waals surface area (Å²) in [7, 11) is 1.70. The number of H-pyrrole nitrogens is 1. The van der Waals surface area contributed by atoms with Gasteiger partial charge in [0.05, 0.1) is 11.0 Å². The number of benzene rings is 1. The first-order valence-corrected chi connectivity index (χ1v) is 7.92. The zero-order valence-corrected chi connectivity index (χ0v) is 14.0. The topological polar surface area (TPSA) is 88.1 Å². The van der Waals surface area contributed by atoms with Gasteiger partial charge in [0, 0.05) is 38.1 Å². The van der Waals surface area contributed by atoms with Crippen LogP contribution in [0.3, 0.4) is 0 Å². The highest BCUT2D eigenvalue weighted by atomic mass is 16.2. The van der Waals surface area contributed by atoms with Crippen LogP contribution in [0.1, 0.15) is 22.8 Å². The van der Waals surface area contributed by atoms with Gasteiger partial charge in [-0.1, -0.05) is 6.07 Å². The summed E-state index contributed by atoms with van der Waals surface area (Å²) in [6.07, 6.45) is 3.39. The first kappa shape index (κ1) is 16.6. The Morgan fingerprint density at radius 1 is 1.28 bits per heavy atom. The van der Waals surface area contributed by atoms with Crippen LogP contribution in [0, 0.1) is 0 Å². The number of nitrogens with zero attached hydrogens (tertiary/aromatic N) is 3. The van der Waals surface area contributed by atoms with Crippen LogP contribution in [0.4, 0.5) is 0 Å². The molecule has 0 aliphatic heterocycles. The standard InChI is InChI=1S/C18H18N4O3/c1-3-22-15-7-6-13(9-14(15)20-16(23)18(22)25)17(24)21(2)11-12-5-4-8-19-10-12/h4-10H,3,11H2,1-2H3,(H,20,23). The Morgan fingerprint density at radius 2 is 2.08 bits per heavy atom. The average molecular weight is 338 g/mol. The maximum absolute atomic E-state index is 12.6. The molecule has 0 saturated heterocycles. The molecule has 1 N–H and O–H groups in total. The zero-order valence-electron chi connectivity index (χ0n) is 14.0. The molecule has 0 spiro atoms. The third-order valence-corrected chi connectivity index (χ3v) is 4.03. The average Bonchev–Trinajstić information content (AvgIpc) is 2.62. The Hall–Kier alpha value is -3.22. The van der Waals surface area contributed by atoms with Gasteiger partial charge in [0.1, 0.15) is 0 Å². The van der Waals surface area contributed by atoms with E-state index in [-0.39, 0.29) is 5.91 Å². The number of rotatable bonds is 4. The minimum Gasteiger partial charge on any atom is -0.337 e. The van der Waals surface area contributed by atoms with E-state index in [2.05, 4.69) is 9.97 Å². The molecule has 3 aromatic rings. The molecule has 7 heteroatoms. The van der Waals surface area contributed by atoms with Gasteiger partial charge in [-0.3, -0.25) is 19.4 Å². The Balaban J connectivity index is 1.96. The largest absolute Gasteiger partial charge is 0.337 e. The van der Waals surface area contributed by atoms with Crippen molar-refractivity contribution in [2.45, 2.75) is 20.0 Å². The molecule has 25 heavy (non-hydrogen) atoms. The Morgan fingerprint density at radius 3 is 2.76 bits per heavy atom. The van der Waals surface area contributed by atoms with E-state index in [0.29, 0.717) is 29.7 Å². The maximum atomic E-state index is 12.6. The normalized spacial score (nSPS) is 10.8. The number of aromatic nitrogens is 3. The van der Waals surface area contributed by atoms with E-state index >= 15 is 0 Å². The summed E-state index contributed by atoms with van der Waals surface area (Å²) < 4.78 is 1.39. The van der Waals surface area contributed by atoms with Gasteiger partial charge >= 0.3 is 11.1 Å². The smallest absolute Gasteiger partial charge is 0.316 e. The molecule has 0 fully saturated rings. The minimum absolute atomic E-state index is 0.180. The van der Waals surface area contributed by atoms with Crippen molar-refractivity contribution < 1.29 is 4.79 Å². The van der Waals surface area contributed by atoms with Crippen LogP contribution < -0.4 is 11.1 Å². The van der Waals surface area contributed by atoms with E-state index in [0.717, 1.165) is 5.56 Å². The minimum atomic E-state index is -0.692. The lowest BCUT2D eigenvalue weighted by molar-refractivity contribution is 0.0785. The predicted molar refractivity (Wildman–Crippen MR) is 94.5 cm³/mol. The van der Waals surface area contributed by atoms with E-state index in [9.17, 15) is 14.4 Å². The molecule has 0 radical (unpaired) electrons. The summed E-state index contributed by atoms with van der Waals surface area (Å²) in [5.74, 6) is -0.180. The molecule has 0 unspecified atom stereocenters. The Labute approximate surface area is 143 Å². The van der Waals surface area contributed by atoms with Gasteiger partial charge in [-0.15, -0.1) is 0 Å². The lowest BCUT2D eigenvalue weighted by Gasteiger charge is -2.17. The molecule has 2 heterocycles. The number of hydrogen-bond donors (Lipinski definition) is 1. The van der Waals surface area contributed by atoms with Gasteiger partial charge in [-0.05, 0) is 36.8 Å². The zero-order chi connectivity index (χ0) is 18.0. The van der Waals surface area contributed by atoms with Crippen molar-refractivity contribution in [3.05, 3.63) is 74.6 Å². The second-order valence-corrected chi connectivity index (χ2v) is 5.76. The van der Waals surface area contributed by atoms with Crippen molar-refractivity contribution in [1.29, 1.82) is 0 Å². The molecule has 1 aromatic carbocycles. The number of aromatic amines is 1. The predicted octanol–water partition coefficient (Wildman–Crippen LogP) is 1.38. The quantitative estimate of drug-likeness (QED) is 0.728. The van der Waals surface area contributed by atoms with Gasteiger partial charge in [-0.25, -0.2) is 0 Å². The maximum Gasteiger partial charge on any atom is 0.316 e. The molecule has 1 amide bonds. The number of nitrogens with one attached hydrogen (secondary N) is 1. The monoisotopic (exact) mass is 338 g/mol. The van der Waals surface area contributed by atoms with Gasteiger partial charge in [-0.2, -0.15) is 0 Å². The summed E-state index contributed by atoms with van der Waals surface area (Å²) in [5.41, 5.74) is 1.14. The van der Waals surface area contributed by atoms with Crippen LogP contribution in [0.15, 0.2) is 52.3 Å². The first-order chi connectivity index (χ1) is 12.0. The highest BCUT2D eigenvalue weighted by Crippen LogP contribution is 2.14. The van der Waals surface area contributed by atoms with Gasteiger partial charge < -0.3 is 14.5 Å². The van der Waals surface area contributed by atoms with E-state index in [4.69, 9.17) is 0 Å². The fraction of sp³-hybridized carbons (Fsp3) is 0.222. The summed E-state index contributed by atoms with van der Waals surface area (Å²) in [6, 6.07) is 8.66. The summed E-state index contributed by atoms with van der Waals surface area (Å²) in [5, 5.41) is 0. The number of amides is 1. The first-order valence-electron chi connectivity index (χ1n) is 7.92. The van der Waals surface area contributed by atoms with Crippen molar-refractivity contribution >= 4 is 16.9 Å². The SMILES string of the molecule is CCn1c(=O)c(=O)[nH]c2cc(C(=O)N(C)Cc3cccnc3)ccc21. The van der Waals surface area contributed by atoms with Crippen molar-refractivity contribution in [1.82, 2.24) is 19.4 Å². The van der Waals surface area contributed by atoms with Crippen LogP contribution in [-0.2, 0) is 13.1 Å². The Bertz CT molecular complexity index is 1040. The number of hydrogen-bond acceptors (Lipinski definition) is 4. The molecule has 0 atom stereocenters. The molecule has 0 aliphatic carbocycles. The molecule has 0 aliphatic rings. The van der Waals surface area contributed by atoms with E-state index in [1.165, 1.54) is 4.57 Å². The fourth-order valence-corrected chi connectivity index (χ4v) is 2.78. The van der Waals surface area contributed by atoms with E-state index < -0.39 is 11.1 Å². The number of carbonyl (C=O) groups excluding carboxylic acids is 1. The van der Waals surface area contributed by atoms with Crippen LogP contribution >= 0.6 is 0 Å². The van der Waals surface area contributed by atoms with Crippen LogP contribution in [0.5, 0.6) is 0 Å². The molecule has 128 valence electrons.